The van der Waals surface area contributed by atoms with Crippen molar-refractivity contribution in [3.63, 3.8) is 0 Å². The predicted octanol–water partition coefficient (Wildman–Crippen LogP) is 3.63. The maximum Gasteiger partial charge on any atom is 0.258 e. The summed E-state index contributed by atoms with van der Waals surface area (Å²) in [6.07, 6.45) is 0.856. The minimum absolute atomic E-state index is 0.00290. The molecule has 0 bridgehead atoms. The van der Waals surface area contributed by atoms with Crippen LogP contribution < -0.4 is 9.70 Å². The third-order valence-corrected chi connectivity index (χ3v) is 7.11. The van der Waals surface area contributed by atoms with Crippen LogP contribution in [-0.2, 0) is 27.3 Å². The van der Waals surface area contributed by atoms with Crippen LogP contribution >= 0.6 is 23.1 Å². The number of halogens is 1. The van der Waals surface area contributed by atoms with Gasteiger partial charge in [-0.2, -0.15) is 4.99 Å². The fraction of sp³-hybridized carbons (Fsp3) is 0.348. The molecule has 0 aliphatic carbocycles. The number of thioether (sulfide) groups is 1. The fourth-order valence-corrected chi connectivity index (χ4v) is 5.46. The average Bonchev–Trinajstić information content (AvgIpc) is 3.35. The van der Waals surface area contributed by atoms with Gasteiger partial charge in [-0.1, -0.05) is 29.5 Å². The predicted molar refractivity (Wildman–Crippen MR) is 127 cm³/mol. The number of amides is 2. The number of nitrogens with zero attached hydrogens (tertiary/aromatic N) is 3. The minimum Gasteiger partial charge on any atom is -0.380 e. The number of benzene rings is 2. The molecule has 0 N–H and O–H groups in total. The third kappa shape index (κ3) is 5.11. The maximum absolute atomic E-state index is 13.6. The molecule has 2 amide bonds. The van der Waals surface area contributed by atoms with E-state index < -0.39 is 0 Å². The van der Waals surface area contributed by atoms with Gasteiger partial charge in [0, 0.05) is 25.4 Å². The first-order valence-corrected chi connectivity index (χ1v) is 12.4. The van der Waals surface area contributed by atoms with E-state index in [1.807, 2.05) is 35.8 Å². The Morgan fingerprint density at radius 2 is 2.06 bits per heavy atom. The molecule has 0 atom stereocenters. The molecule has 0 saturated carbocycles. The highest BCUT2D eigenvalue weighted by molar-refractivity contribution is 8.00. The summed E-state index contributed by atoms with van der Waals surface area (Å²) in [4.78, 5) is 31.7. The van der Waals surface area contributed by atoms with Crippen LogP contribution in [0.15, 0.2) is 47.5 Å². The number of carbonyl (C=O) groups excluding carboxylic acids is 2. The maximum atomic E-state index is 13.6. The Bertz CT molecular complexity index is 1200. The van der Waals surface area contributed by atoms with Crippen molar-refractivity contribution in [3.05, 3.63) is 58.6 Å². The van der Waals surface area contributed by atoms with Gasteiger partial charge in [0.1, 0.15) is 5.82 Å². The van der Waals surface area contributed by atoms with E-state index in [0.717, 1.165) is 22.3 Å². The number of aromatic nitrogens is 1. The van der Waals surface area contributed by atoms with E-state index in [-0.39, 0.29) is 29.1 Å². The number of thiazole rings is 1. The summed E-state index contributed by atoms with van der Waals surface area (Å²) in [5, 5.41) is 0. The van der Waals surface area contributed by atoms with Crippen molar-refractivity contribution >= 4 is 50.8 Å². The van der Waals surface area contributed by atoms with Crippen molar-refractivity contribution in [1.29, 1.82) is 0 Å². The van der Waals surface area contributed by atoms with Crippen molar-refractivity contribution in [2.75, 3.05) is 36.2 Å². The molecule has 0 fully saturated rings. The SMILES string of the molecule is CCOCCn1c(=NC(=O)CSCC(=O)N2CCc3ccccc32)sc2cc(F)ccc21. The zero-order valence-electron chi connectivity index (χ0n) is 17.8. The summed E-state index contributed by atoms with van der Waals surface area (Å²) in [5.41, 5.74) is 2.95. The van der Waals surface area contributed by atoms with Crippen molar-refractivity contribution in [1.82, 2.24) is 4.57 Å². The lowest BCUT2D eigenvalue weighted by Gasteiger charge is -2.16. The van der Waals surface area contributed by atoms with Crippen LogP contribution in [0, 0.1) is 5.82 Å². The molecule has 0 unspecified atom stereocenters. The number of anilines is 1. The average molecular weight is 474 g/mol. The normalized spacial score (nSPS) is 13.7. The van der Waals surface area contributed by atoms with Crippen LogP contribution in [-0.4, -0.2) is 47.6 Å². The Labute approximate surface area is 193 Å². The van der Waals surface area contributed by atoms with E-state index >= 15 is 0 Å². The summed E-state index contributed by atoms with van der Waals surface area (Å²) in [5.74, 6) is -0.322. The van der Waals surface area contributed by atoms with Crippen LogP contribution in [0.3, 0.4) is 0 Å². The Kier molecular flexibility index (Phi) is 7.39. The van der Waals surface area contributed by atoms with E-state index in [2.05, 4.69) is 4.99 Å². The second-order valence-corrected chi connectivity index (χ2v) is 9.26. The molecule has 0 saturated heterocycles. The van der Waals surface area contributed by atoms with Crippen molar-refractivity contribution in [3.8, 4) is 0 Å². The standard InChI is InChI=1S/C23H24FN3O3S2/c1-2-30-12-11-27-19-8-7-17(24)13-20(19)32-23(27)25-21(28)14-31-15-22(29)26-10-9-16-5-3-4-6-18(16)26/h3-8,13H,2,9-12,14-15H2,1H3. The smallest absolute Gasteiger partial charge is 0.258 e. The summed E-state index contributed by atoms with van der Waals surface area (Å²) < 4.78 is 21.7. The molecule has 6 nitrogen and oxygen atoms in total. The molecule has 0 radical (unpaired) electrons. The number of carbonyl (C=O) groups is 2. The van der Waals surface area contributed by atoms with Gasteiger partial charge in [0.15, 0.2) is 4.80 Å². The van der Waals surface area contributed by atoms with Gasteiger partial charge in [0.2, 0.25) is 5.91 Å². The molecular weight excluding hydrogens is 449 g/mol. The quantitative estimate of drug-likeness (QED) is 0.469. The van der Waals surface area contributed by atoms with Gasteiger partial charge < -0.3 is 14.2 Å². The van der Waals surface area contributed by atoms with E-state index in [1.54, 1.807) is 11.0 Å². The summed E-state index contributed by atoms with van der Waals surface area (Å²) in [6.45, 7) is 4.18. The molecule has 2 heterocycles. The van der Waals surface area contributed by atoms with Gasteiger partial charge in [-0.05, 0) is 43.2 Å². The Balaban J connectivity index is 1.42. The molecule has 4 rings (SSSR count). The molecule has 1 aliphatic rings. The Hall–Kier alpha value is -2.49. The van der Waals surface area contributed by atoms with Crippen molar-refractivity contribution < 1.29 is 18.7 Å². The summed E-state index contributed by atoms with van der Waals surface area (Å²) in [6, 6.07) is 12.4. The number of hydrogen-bond acceptors (Lipinski definition) is 5. The second kappa shape index (κ2) is 10.4. The lowest BCUT2D eigenvalue weighted by Crippen LogP contribution is -2.30. The number of para-hydroxylation sites is 1. The first kappa shape index (κ1) is 22.7. The van der Waals surface area contributed by atoms with Crippen LogP contribution in [0.4, 0.5) is 10.1 Å². The molecule has 2 aromatic carbocycles. The van der Waals surface area contributed by atoms with Gasteiger partial charge >= 0.3 is 0 Å². The highest BCUT2D eigenvalue weighted by Gasteiger charge is 2.23. The van der Waals surface area contributed by atoms with E-state index in [0.29, 0.717) is 31.1 Å². The van der Waals surface area contributed by atoms with E-state index in [1.165, 1.54) is 40.8 Å². The fourth-order valence-electron chi connectivity index (χ4n) is 3.69. The molecule has 32 heavy (non-hydrogen) atoms. The molecule has 168 valence electrons. The summed E-state index contributed by atoms with van der Waals surface area (Å²) in [7, 11) is 0. The molecule has 1 aliphatic heterocycles. The van der Waals surface area contributed by atoms with Gasteiger partial charge in [0.05, 0.1) is 28.3 Å². The Morgan fingerprint density at radius 3 is 2.91 bits per heavy atom. The number of rotatable bonds is 8. The highest BCUT2D eigenvalue weighted by atomic mass is 32.2. The minimum atomic E-state index is -0.328. The highest BCUT2D eigenvalue weighted by Crippen LogP contribution is 2.28. The molecule has 0 spiro atoms. The number of fused-ring (bicyclic) bond motifs is 2. The first-order chi connectivity index (χ1) is 15.6. The number of ether oxygens (including phenoxy) is 1. The monoisotopic (exact) mass is 473 g/mol. The van der Waals surface area contributed by atoms with E-state index in [4.69, 9.17) is 4.74 Å². The van der Waals surface area contributed by atoms with Gasteiger partial charge in [-0.3, -0.25) is 9.59 Å². The molecular formula is C23H24FN3O3S2. The lowest BCUT2D eigenvalue weighted by molar-refractivity contribution is -0.116. The lowest BCUT2D eigenvalue weighted by atomic mass is 10.2. The largest absolute Gasteiger partial charge is 0.380 e. The molecule has 1 aromatic heterocycles. The molecule has 9 heteroatoms. The number of hydrogen-bond donors (Lipinski definition) is 0. The zero-order valence-corrected chi connectivity index (χ0v) is 19.4. The summed E-state index contributed by atoms with van der Waals surface area (Å²) >= 11 is 2.54. The Morgan fingerprint density at radius 1 is 1.22 bits per heavy atom. The third-order valence-electron chi connectivity index (χ3n) is 5.17. The van der Waals surface area contributed by atoms with Crippen molar-refractivity contribution in [2.45, 2.75) is 19.9 Å². The van der Waals surface area contributed by atoms with Gasteiger partial charge in [-0.25, -0.2) is 4.39 Å². The first-order valence-electron chi connectivity index (χ1n) is 10.5. The van der Waals surface area contributed by atoms with Crippen molar-refractivity contribution in [2.24, 2.45) is 4.99 Å². The van der Waals surface area contributed by atoms with Gasteiger partial charge in [0.25, 0.3) is 5.91 Å². The van der Waals surface area contributed by atoms with Crippen LogP contribution in [0.1, 0.15) is 12.5 Å². The van der Waals surface area contributed by atoms with Crippen LogP contribution in [0.25, 0.3) is 10.2 Å². The van der Waals surface area contributed by atoms with Gasteiger partial charge in [-0.15, -0.1) is 11.8 Å². The second-order valence-electron chi connectivity index (χ2n) is 7.27. The van der Waals surface area contributed by atoms with Crippen LogP contribution in [0.2, 0.25) is 0 Å². The topological polar surface area (TPSA) is 63.9 Å². The zero-order chi connectivity index (χ0) is 22.5. The molecule has 3 aromatic rings. The van der Waals surface area contributed by atoms with E-state index in [9.17, 15) is 14.0 Å². The van der Waals surface area contributed by atoms with Crippen LogP contribution in [0.5, 0.6) is 0 Å².